The smallest absolute Gasteiger partial charge is 0.328 e. The van der Waals surface area contributed by atoms with Crippen molar-refractivity contribution in [2.24, 2.45) is 11.3 Å². The minimum absolute atomic E-state index is 0.264. The molecule has 0 aromatic heterocycles. The predicted octanol–water partition coefficient (Wildman–Crippen LogP) is 0.499. The van der Waals surface area contributed by atoms with Crippen molar-refractivity contribution in [2.75, 3.05) is 6.54 Å². The second kappa shape index (κ2) is 4.99. The number of carbonyl (C=O) groups excluding carboxylic acids is 2. The highest BCUT2D eigenvalue weighted by molar-refractivity contribution is 6.02. The molecule has 0 aromatic rings. The molecule has 17 heavy (non-hydrogen) atoms. The van der Waals surface area contributed by atoms with Gasteiger partial charge >= 0.3 is 12.0 Å². The molecule has 0 aliphatic heterocycles. The molecule has 1 aliphatic rings. The van der Waals surface area contributed by atoms with E-state index in [-0.39, 0.29) is 5.41 Å². The Kier molecular flexibility index (Phi) is 3.88. The molecule has 1 aliphatic carbocycles. The molecule has 6 nitrogen and oxygen atoms in total. The summed E-state index contributed by atoms with van der Waals surface area (Å²) >= 11 is 0. The quantitative estimate of drug-likeness (QED) is 0.623. The Morgan fingerprint density at radius 2 is 1.94 bits per heavy atom. The van der Waals surface area contributed by atoms with Crippen molar-refractivity contribution >= 4 is 17.9 Å². The second-order valence-electron chi connectivity index (χ2n) is 4.76. The topological polar surface area (TPSA) is 95.5 Å². The third-order valence-electron chi connectivity index (χ3n) is 2.84. The van der Waals surface area contributed by atoms with Crippen LogP contribution in [0.15, 0.2) is 12.2 Å². The number of carboxylic acids is 1. The largest absolute Gasteiger partial charge is 0.478 e. The van der Waals surface area contributed by atoms with E-state index in [0.29, 0.717) is 18.5 Å². The summed E-state index contributed by atoms with van der Waals surface area (Å²) in [7, 11) is 0. The Balaban J connectivity index is 2.21. The molecule has 3 N–H and O–H groups in total. The number of rotatable bonds is 4. The molecule has 0 spiro atoms. The second-order valence-corrected chi connectivity index (χ2v) is 4.76. The molecule has 1 unspecified atom stereocenters. The number of carbonyl (C=O) groups is 3. The standard InChI is InChI=1S/C11H16N2O4/c1-11(2)5-7(11)6-12-10(17)13-8(14)3-4-9(15)16/h3-4,7H,5-6H2,1-2H3,(H,15,16)(H2,12,13,14,17)/b4-3+. The van der Waals surface area contributed by atoms with Gasteiger partial charge in [-0.15, -0.1) is 0 Å². The van der Waals surface area contributed by atoms with Gasteiger partial charge in [-0.2, -0.15) is 0 Å². The van der Waals surface area contributed by atoms with Crippen molar-refractivity contribution in [1.29, 1.82) is 0 Å². The van der Waals surface area contributed by atoms with Gasteiger partial charge in [0.25, 0.3) is 5.91 Å². The van der Waals surface area contributed by atoms with Gasteiger partial charge in [-0.3, -0.25) is 10.1 Å². The zero-order chi connectivity index (χ0) is 13.1. The molecule has 0 aromatic carbocycles. The van der Waals surface area contributed by atoms with Crippen LogP contribution in [0.5, 0.6) is 0 Å². The van der Waals surface area contributed by atoms with E-state index < -0.39 is 17.9 Å². The average molecular weight is 240 g/mol. The number of hydrogen-bond acceptors (Lipinski definition) is 3. The van der Waals surface area contributed by atoms with Crippen LogP contribution in [-0.2, 0) is 9.59 Å². The van der Waals surface area contributed by atoms with Crippen LogP contribution < -0.4 is 10.6 Å². The summed E-state index contributed by atoms with van der Waals surface area (Å²) in [5.74, 6) is -1.54. The summed E-state index contributed by atoms with van der Waals surface area (Å²) in [6.07, 6.45) is 2.52. The number of nitrogens with one attached hydrogen (secondary N) is 2. The van der Waals surface area contributed by atoms with Crippen LogP contribution in [0.1, 0.15) is 20.3 Å². The molecule has 3 amide bonds. The fourth-order valence-corrected chi connectivity index (χ4v) is 1.49. The zero-order valence-electron chi connectivity index (χ0n) is 9.82. The van der Waals surface area contributed by atoms with Crippen LogP contribution in [0.4, 0.5) is 4.79 Å². The van der Waals surface area contributed by atoms with Gasteiger partial charge in [-0.05, 0) is 17.8 Å². The molecule has 1 saturated carbocycles. The van der Waals surface area contributed by atoms with Gasteiger partial charge in [-0.1, -0.05) is 13.8 Å². The molecular formula is C11H16N2O4. The maximum atomic E-state index is 11.2. The summed E-state index contributed by atoms with van der Waals surface area (Å²) in [6, 6.07) is -0.604. The van der Waals surface area contributed by atoms with Crippen LogP contribution in [0, 0.1) is 11.3 Å². The van der Waals surface area contributed by atoms with Crippen molar-refractivity contribution in [3.8, 4) is 0 Å². The van der Waals surface area contributed by atoms with Gasteiger partial charge in [0, 0.05) is 18.7 Å². The molecule has 0 saturated heterocycles. The number of carboxylic acid groups (broad SMARTS) is 1. The monoisotopic (exact) mass is 240 g/mol. The highest BCUT2D eigenvalue weighted by Crippen LogP contribution is 2.50. The average Bonchev–Trinajstić information content (AvgIpc) is 2.80. The lowest BCUT2D eigenvalue weighted by Crippen LogP contribution is -2.39. The Morgan fingerprint density at radius 3 is 2.41 bits per heavy atom. The van der Waals surface area contributed by atoms with Gasteiger partial charge in [0.15, 0.2) is 0 Å². The van der Waals surface area contributed by atoms with Crippen LogP contribution >= 0.6 is 0 Å². The molecule has 0 bridgehead atoms. The van der Waals surface area contributed by atoms with Crippen molar-refractivity contribution in [3.63, 3.8) is 0 Å². The third-order valence-corrected chi connectivity index (χ3v) is 2.84. The van der Waals surface area contributed by atoms with E-state index in [1.54, 1.807) is 0 Å². The van der Waals surface area contributed by atoms with Gasteiger partial charge in [0.1, 0.15) is 0 Å². The van der Waals surface area contributed by atoms with Gasteiger partial charge in [0.2, 0.25) is 0 Å². The number of urea groups is 1. The summed E-state index contributed by atoms with van der Waals surface area (Å²) in [5, 5.41) is 12.8. The molecule has 0 heterocycles. The zero-order valence-corrected chi connectivity index (χ0v) is 9.82. The fourth-order valence-electron chi connectivity index (χ4n) is 1.49. The summed E-state index contributed by atoms with van der Waals surface area (Å²) < 4.78 is 0. The fraction of sp³-hybridized carbons (Fsp3) is 0.545. The minimum atomic E-state index is -1.24. The Bertz CT molecular complexity index is 374. The van der Waals surface area contributed by atoms with Gasteiger partial charge in [0.05, 0.1) is 0 Å². The van der Waals surface area contributed by atoms with Crippen LogP contribution in [0.25, 0.3) is 0 Å². The lowest BCUT2D eigenvalue weighted by Gasteiger charge is -2.06. The summed E-state index contributed by atoms with van der Waals surface area (Å²) in [6.45, 7) is 4.74. The third kappa shape index (κ3) is 4.67. The van der Waals surface area contributed by atoms with E-state index in [2.05, 4.69) is 19.2 Å². The van der Waals surface area contributed by atoms with Gasteiger partial charge in [-0.25, -0.2) is 9.59 Å². The van der Waals surface area contributed by atoms with E-state index >= 15 is 0 Å². The van der Waals surface area contributed by atoms with Crippen LogP contribution in [0.3, 0.4) is 0 Å². The van der Waals surface area contributed by atoms with E-state index in [4.69, 9.17) is 5.11 Å². The minimum Gasteiger partial charge on any atom is -0.478 e. The molecule has 94 valence electrons. The first-order valence-electron chi connectivity index (χ1n) is 5.31. The lowest BCUT2D eigenvalue weighted by atomic mass is 10.1. The van der Waals surface area contributed by atoms with E-state index in [1.807, 2.05) is 5.32 Å². The molecule has 1 fully saturated rings. The summed E-state index contributed by atoms with van der Waals surface area (Å²) in [4.78, 5) is 32.4. The van der Waals surface area contributed by atoms with Gasteiger partial charge < -0.3 is 10.4 Å². The number of aliphatic carboxylic acids is 1. The van der Waals surface area contributed by atoms with Crippen molar-refractivity contribution in [2.45, 2.75) is 20.3 Å². The van der Waals surface area contributed by atoms with Crippen molar-refractivity contribution in [3.05, 3.63) is 12.2 Å². The number of imide groups is 1. The number of hydrogen-bond donors (Lipinski definition) is 3. The highest BCUT2D eigenvalue weighted by Gasteiger charge is 2.45. The molecular weight excluding hydrogens is 224 g/mol. The van der Waals surface area contributed by atoms with Crippen LogP contribution in [-0.4, -0.2) is 29.6 Å². The number of amides is 3. The Hall–Kier alpha value is -1.85. The highest BCUT2D eigenvalue weighted by atomic mass is 16.4. The maximum Gasteiger partial charge on any atom is 0.328 e. The van der Waals surface area contributed by atoms with Crippen molar-refractivity contribution < 1.29 is 19.5 Å². The molecule has 6 heteroatoms. The van der Waals surface area contributed by atoms with E-state index in [9.17, 15) is 14.4 Å². The maximum absolute atomic E-state index is 11.2. The Labute approximate surface area is 99.1 Å². The first-order chi connectivity index (χ1) is 7.81. The first-order valence-corrected chi connectivity index (χ1v) is 5.31. The normalized spacial score (nSPS) is 20.9. The predicted molar refractivity (Wildman–Crippen MR) is 60.2 cm³/mol. The Morgan fingerprint density at radius 1 is 1.35 bits per heavy atom. The molecule has 1 rings (SSSR count). The van der Waals surface area contributed by atoms with Crippen LogP contribution in [0.2, 0.25) is 0 Å². The lowest BCUT2D eigenvalue weighted by molar-refractivity contribution is -0.131. The van der Waals surface area contributed by atoms with E-state index in [1.165, 1.54) is 0 Å². The SMILES string of the molecule is CC1(C)CC1CNC(=O)NC(=O)/C=C/C(=O)O. The molecule has 1 atom stereocenters. The first kappa shape index (κ1) is 13.2. The molecule has 0 radical (unpaired) electrons. The van der Waals surface area contributed by atoms with E-state index in [0.717, 1.165) is 12.5 Å². The van der Waals surface area contributed by atoms with Crippen molar-refractivity contribution in [1.82, 2.24) is 10.6 Å². The summed E-state index contributed by atoms with van der Waals surface area (Å²) in [5.41, 5.74) is 0.264.